The van der Waals surface area contributed by atoms with Crippen LogP contribution in [0.1, 0.15) is 13.3 Å². The number of hydrogen-bond donors (Lipinski definition) is 0. The van der Waals surface area contributed by atoms with E-state index in [2.05, 4.69) is 4.99 Å². The van der Waals surface area contributed by atoms with Crippen molar-refractivity contribution in [1.82, 2.24) is 0 Å². The van der Waals surface area contributed by atoms with E-state index >= 15 is 0 Å². The lowest BCUT2D eigenvalue weighted by Gasteiger charge is -2.13. The van der Waals surface area contributed by atoms with E-state index in [4.69, 9.17) is 0 Å². The number of nitrogens with zero attached hydrogens (tertiary/aromatic N) is 1. The van der Waals surface area contributed by atoms with E-state index in [0.717, 1.165) is 0 Å². The summed E-state index contributed by atoms with van der Waals surface area (Å²) in [5.74, 6) is 0. The highest BCUT2D eigenvalue weighted by molar-refractivity contribution is 6.49. The Kier molecular flexibility index (Phi) is 3.99. The van der Waals surface area contributed by atoms with E-state index in [1.807, 2.05) is 0 Å². The van der Waals surface area contributed by atoms with Gasteiger partial charge in [-0.25, -0.2) is 0 Å². The maximum absolute atomic E-state index is 11.8. The molecule has 0 radical (unpaired) electrons. The standard InChI is InChI=1S/C5H7F3N.Al.2H/c1-3-4(9-2)5(6,7)8;;;/h2,4H,3H2,1H3;;;. The number of halogens is 3. The molecule has 0 heterocycles. The van der Waals surface area contributed by atoms with Crippen molar-refractivity contribution in [2.75, 3.05) is 0 Å². The number of aliphatic imine (C=N–C) groups is 1. The predicted octanol–water partition coefficient (Wildman–Crippen LogP) is 0.989. The maximum Gasteiger partial charge on any atom is 0.410 e. The Labute approximate surface area is 65.8 Å². The van der Waals surface area contributed by atoms with E-state index in [1.54, 1.807) is 0 Å². The second-order valence-electron chi connectivity index (χ2n) is 1.87. The quantitative estimate of drug-likeness (QED) is 0.429. The third kappa shape index (κ3) is 3.23. The van der Waals surface area contributed by atoms with Gasteiger partial charge in [0, 0.05) is 0 Å². The highest BCUT2D eigenvalue weighted by Crippen LogP contribution is 2.24. The summed E-state index contributed by atoms with van der Waals surface area (Å²) in [6, 6.07) is -1.48. The average molecular weight is 167 g/mol. The molecule has 0 aliphatic carbocycles. The third-order valence-corrected chi connectivity index (χ3v) is 1.39. The summed E-state index contributed by atoms with van der Waals surface area (Å²) in [5.41, 5.74) is 0. The van der Waals surface area contributed by atoms with Gasteiger partial charge in [-0.3, -0.25) is 0 Å². The molecule has 0 bridgehead atoms. The van der Waals surface area contributed by atoms with Gasteiger partial charge in [-0.15, -0.1) is 0 Å². The molecule has 10 heavy (non-hydrogen) atoms. The average Bonchev–Trinajstić information content (AvgIpc) is 1.80. The minimum atomic E-state index is -4.16. The van der Waals surface area contributed by atoms with Crippen molar-refractivity contribution < 1.29 is 13.2 Å². The fourth-order valence-electron chi connectivity index (χ4n) is 0.601. The summed E-state index contributed by atoms with van der Waals surface area (Å²) in [6.07, 6.45) is -4.13. The van der Waals surface area contributed by atoms with Crippen molar-refractivity contribution in [2.45, 2.75) is 25.6 Å². The Morgan fingerprint density at radius 1 is 1.60 bits per heavy atom. The molecule has 1 atom stereocenters. The summed E-state index contributed by atoms with van der Waals surface area (Å²) in [5, 5.41) is 1.32. The molecule has 0 spiro atoms. The minimum absolute atomic E-state index is 0.0300. The van der Waals surface area contributed by atoms with Crippen LogP contribution in [0.2, 0.25) is 0 Å². The van der Waals surface area contributed by atoms with E-state index in [0.29, 0.717) is 16.3 Å². The molecule has 58 valence electrons. The highest BCUT2D eigenvalue weighted by Gasteiger charge is 2.37. The van der Waals surface area contributed by atoms with Crippen LogP contribution in [0.4, 0.5) is 13.2 Å². The van der Waals surface area contributed by atoms with Gasteiger partial charge < -0.3 is 4.99 Å². The largest absolute Gasteiger partial charge is 0.410 e. The Morgan fingerprint density at radius 3 is 2.20 bits per heavy atom. The second-order valence-corrected chi connectivity index (χ2v) is 2.39. The molecule has 0 saturated heterocycles. The zero-order valence-corrected chi connectivity index (χ0v) is 7.94. The summed E-state index contributed by atoms with van der Waals surface area (Å²) in [7, 11) is 0. The first kappa shape index (κ1) is 9.99. The van der Waals surface area contributed by atoms with E-state index in [9.17, 15) is 13.2 Å². The first-order chi connectivity index (χ1) is 4.52. The van der Waals surface area contributed by atoms with Gasteiger partial charge in [-0.2, -0.15) is 13.2 Å². The molecule has 0 amide bonds. The summed E-state index contributed by atoms with van der Waals surface area (Å²) >= 11 is 0.583. The zero-order valence-electron chi connectivity index (χ0n) is 5.94. The van der Waals surface area contributed by atoms with Crippen molar-refractivity contribution in [3.05, 3.63) is 0 Å². The van der Waals surface area contributed by atoms with Gasteiger partial charge in [0.25, 0.3) is 16.3 Å². The maximum atomic E-state index is 11.8. The first-order valence-corrected chi connectivity index (χ1v) is 4.22. The monoisotopic (exact) mass is 167 g/mol. The number of rotatable bonds is 2. The van der Waals surface area contributed by atoms with Crippen molar-refractivity contribution in [1.29, 1.82) is 0 Å². The van der Waals surface area contributed by atoms with Crippen LogP contribution < -0.4 is 0 Å². The van der Waals surface area contributed by atoms with Gasteiger partial charge in [0.15, 0.2) is 0 Å². The SMILES string of the molecule is CCC(N=[CH][AlH2])C(F)(F)F. The second kappa shape index (κ2) is 3.99. The van der Waals surface area contributed by atoms with E-state index < -0.39 is 12.2 Å². The third-order valence-electron chi connectivity index (χ3n) is 1.09. The van der Waals surface area contributed by atoms with Crippen LogP contribution >= 0.6 is 0 Å². The molecule has 0 aliphatic heterocycles. The predicted molar refractivity (Wildman–Crippen MR) is 37.2 cm³/mol. The van der Waals surface area contributed by atoms with Gasteiger partial charge in [0.05, 0.1) is 0 Å². The van der Waals surface area contributed by atoms with Crippen molar-refractivity contribution in [2.24, 2.45) is 4.99 Å². The summed E-state index contributed by atoms with van der Waals surface area (Å²) in [4.78, 5) is 3.33. The minimum Gasteiger partial charge on any atom is -0.304 e. The molecular formula is C5H9AlF3N. The van der Waals surface area contributed by atoms with E-state index in [1.165, 1.54) is 12.0 Å². The lowest BCUT2D eigenvalue weighted by Crippen LogP contribution is -2.26. The van der Waals surface area contributed by atoms with Crippen molar-refractivity contribution >= 4 is 21.4 Å². The Morgan fingerprint density at radius 2 is 2.10 bits per heavy atom. The number of hydrogen-bond acceptors (Lipinski definition) is 1. The fourth-order valence-corrected chi connectivity index (χ4v) is 0.961. The smallest absolute Gasteiger partial charge is 0.304 e. The molecule has 0 aromatic rings. The number of alkyl halides is 3. The molecule has 0 N–H and O–H groups in total. The first-order valence-electron chi connectivity index (χ1n) is 3.06. The normalized spacial score (nSPS) is 16.0. The summed E-state index contributed by atoms with van der Waals surface area (Å²) in [6.45, 7) is 1.48. The van der Waals surface area contributed by atoms with Crippen LogP contribution in [0.15, 0.2) is 4.99 Å². The molecule has 0 rings (SSSR count). The van der Waals surface area contributed by atoms with Crippen LogP contribution in [0, 0.1) is 0 Å². The van der Waals surface area contributed by atoms with Gasteiger partial charge in [-0.05, 0) is 6.42 Å². The Balaban J connectivity index is 4.07. The van der Waals surface area contributed by atoms with Crippen LogP contribution in [0.3, 0.4) is 0 Å². The highest BCUT2D eigenvalue weighted by atomic mass is 27.0. The molecule has 1 unspecified atom stereocenters. The molecule has 5 heteroatoms. The van der Waals surface area contributed by atoms with E-state index in [-0.39, 0.29) is 6.42 Å². The lowest BCUT2D eigenvalue weighted by atomic mass is 10.2. The zero-order chi connectivity index (χ0) is 8.20. The van der Waals surface area contributed by atoms with Crippen LogP contribution in [-0.2, 0) is 0 Å². The summed E-state index contributed by atoms with van der Waals surface area (Å²) < 4.78 is 35.4. The fraction of sp³-hybridized carbons (Fsp3) is 0.800. The molecule has 0 fully saturated rings. The van der Waals surface area contributed by atoms with Crippen LogP contribution in [0.25, 0.3) is 0 Å². The molecule has 0 aromatic carbocycles. The molecular weight excluding hydrogens is 158 g/mol. The van der Waals surface area contributed by atoms with Crippen molar-refractivity contribution in [3.63, 3.8) is 0 Å². The molecule has 0 aliphatic rings. The van der Waals surface area contributed by atoms with Crippen LogP contribution in [0.5, 0.6) is 0 Å². The topological polar surface area (TPSA) is 12.4 Å². The lowest BCUT2D eigenvalue weighted by molar-refractivity contribution is -0.147. The van der Waals surface area contributed by atoms with Gasteiger partial charge in [0.1, 0.15) is 6.04 Å². The molecule has 0 saturated carbocycles. The Bertz CT molecular complexity index is 121. The van der Waals surface area contributed by atoms with Crippen LogP contribution in [-0.4, -0.2) is 33.6 Å². The van der Waals surface area contributed by atoms with Gasteiger partial charge >= 0.3 is 6.18 Å². The Hall–Kier alpha value is -0.00753. The van der Waals surface area contributed by atoms with Crippen molar-refractivity contribution in [3.8, 4) is 0 Å². The molecule has 0 aromatic heterocycles. The molecule has 1 nitrogen and oxygen atoms in total. The van der Waals surface area contributed by atoms with Gasteiger partial charge in [-0.1, -0.05) is 12.0 Å². The van der Waals surface area contributed by atoms with Gasteiger partial charge in [0.2, 0.25) is 0 Å².